The molecule has 6 heteroatoms. The van der Waals surface area contributed by atoms with Crippen LogP contribution in [0.4, 0.5) is 8.78 Å². The summed E-state index contributed by atoms with van der Waals surface area (Å²) >= 11 is 4.99. The van der Waals surface area contributed by atoms with E-state index in [-0.39, 0.29) is 23.4 Å². The molecule has 0 N–H and O–H groups in total. The molecular formula is C12H14ClF2NO2. The molecular weight excluding hydrogens is 264 g/mol. The Morgan fingerprint density at radius 3 is 2.33 bits per heavy atom. The average molecular weight is 278 g/mol. The lowest BCUT2D eigenvalue weighted by Crippen LogP contribution is -2.17. The molecule has 0 unspecified atom stereocenters. The number of ether oxygens (including phenoxy) is 1. The summed E-state index contributed by atoms with van der Waals surface area (Å²) in [4.78, 5) is 15.4. The van der Waals surface area contributed by atoms with Crippen molar-refractivity contribution in [1.82, 2.24) is 4.98 Å². The van der Waals surface area contributed by atoms with Crippen LogP contribution in [0.3, 0.4) is 0 Å². The maximum atomic E-state index is 13.1. The summed E-state index contributed by atoms with van der Waals surface area (Å²) in [6, 6.07) is 0. The predicted molar refractivity (Wildman–Crippen MR) is 64.2 cm³/mol. The maximum Gasteiger partial charge on any atom is 0.365 e. The molecule has 0 atom stereocenters. The first-order valence-electron chi connectivity index (χ1n) is 5.42. The van der Waals surface area contributed by atoms with E-state index < -0.39 is 17.0 Å². The summed E-state index contributed by atoms with van der Waals surface area (Å²) in [6.45, 7) is 6.39. The Morgan fingerprint density at radius 1 is 1.33 bits per heavy atom. The molecule has 0 saturated carbocycles. The van der Waals surface area contributed by atoms with Crippen LogP contribution in [-0.2, 0) is 10.1 Å². The van der Waals surface area contributed by atoms with Crippen molar-refractivity contribution in [3.8, 4) is 0 Å². The molecule has 0 fully saturated rings. The number of carbonyl (C=O) groups excluding carboxylic acids is 1. The van der Waals surface area contributed by atoms with Crippen molar-refractivity contribution < 1.29 is 18.3 Å². The second kappa shape index (κ2) is 5.18. The Balaban J connectivity index is 3.43. The van der Waals surface area contributed by atoms with E-state index >= 15 is 0 Å². The monoisotopic (exact) mass is 277 g/mol. The fourth-order valence-electron chi connectivity index (χ4n) is 1.72. The fourth-order valence-corrected chi connectivity index (χ4v) is 1.91. The molecule has 100 valence electrons. The number of aryl methyl sites for hydroxylation is 1. The van der Waals surface area contributed by atoms with Crippen LogP contribution in [0.5, 0.6) is 0 Å². The van der Waals surface area contributed by atoms with Gasteiger partial charge in [-0.3, -0.25) is 0 Å². The van der Waals surface area contributed by atoms with E-state index in [0.717, 1.165) is 0 Å². The van der Waals surface area contributed by atoms with Gasteiger partial charge in [0, 0.05) is 0 Å². The van der Waals surface area contributed by atoms with Gasteiger partial charge < -0.3 is 4.74 Å². The fraction of sp³-hybridized carbons (Fsp3) is 0.500. The molecule has 1 rings (SSSR count). The molecule has 0 aliphatic heterocycles. The molecule has 1 heterocycles. The number of hydrogen-bond acceptors (Lipinski definition) is 3. The maximum absolute atomic E-state index is 13.1. The SMILES string of the molecule is CCOC(=O)c1c(C)nc(C(F)(F)Cl)c(C)c1C. The Bertz CT molecular complexity index is 484. The molecule has 0 aliphatic carbocycles. The lowest BCUT2D eigenvalue weighted by molar-refractivity contribution is 0.0521. The standard InChI is InChI=1S/C12H14ClF2NO2/c1-5-18-11(17)9-6(2)7(3)10(12(13,14)15)16-8(9)4/h5H2,1-4H3. The van der Waals surface area contributed by atoms with Crippen LogP contribution in [0.15, 0.2) is 0 Å². The second-order valence-electron chi connectivity index (χ2n) is 3.89. The number of rotatable bonds is 3. The molecule has 0 spiro atoms. The minimum Gasteiger partial charge on any atom is -0.462 e. The minimum atomic E-state index is -3.55. The lowest BCUT2D eigenvalue weighted by atomic mass is 10.0. The number of esters is 1. The van der Waals surface area contributed by atoms with E-state index in [9.17, 15) is 13.6 Å². The van der Waals surface area contributed by atoms with Crippen molar-refractivity contribution >= 4 is 17.6 Å². The summed E-state index contributed by atoms with van der Waals surface area (Å²) < 4.78 is 31.2. The van der Waals surface area contributed by atoms with Crippen LogP contribution >= 0.6 is 11.6 Å². The third-order valence-electron chi connectivity index (χ3n) is 2.68. The van der Waals surface area contributed by atoms with E-state index in [2.05, 4.69) is 4.98 Å². The molecule has 0 bridgehead atoms. The van der Waals surface area contributed by atoms with Gasteiger partial charge in [0.15, 0.2) is 0 Å². The highest BCUT2D eigenvalue weighted by molar-refractivity contribution is 6.21. The third kappa shape index (κ3) is 2.77. The minimum absolute atomic E-state index is 0.187. The number of halogens is 3. The Labute approximate surface area is 109 Å². The zero-order valence-corrected chi connectivity index (χ0v) is 11.4. The van der Waals surface area contributed by atoms with Crippen LogP contribution in [0.1, 0.15) is 39.8 Å². The highest BCUT2D eigenvalue weighted by Crippen LogP contribution is 2.35. The molecule has 18 heavy (non-hydrogen) atoms. The largest absolute Gasteiger partial charge is 0.462 e. The van der Waals surface area contributed by atoms with Crippen molar-refractivity contribution in [1.29, 1.82) is 0 Å². The smallest absolute Gasteiger partial charge is 0.365 e. The van der Waals surface area contributed by atoms with Crippen LogP contribution < -0.4 is 0 Å². The van der Waals surface area contributed by atoms with Gasteiger partial charge in [0.1, 0.15) is 5.69 Å². The molecule has 0 aliphatic rings. The van der Waals surface area contributed by atoms with Crippen molar-refractivity contribution in [3.05, 3.63) is 28.1 Å². The van der Waals surface area contributed by atoms with Crippen LogP contribution in [0.2, 0.25) is 0 Å². The van der Waals surface area contributed by atoms with E-state index in [1.807, 2.05) is 0 Å². The molecule has 0 amide bonds. The Kier molecular flexibility index (Phi) is 4.27. The van der Waals surface area contributed by atoms with Gasteiger partial charge in [0.05, 0.1) is 17.9 Å². The summed E-state index contributed by atoms with van der Waals surface area (Å²) in [6.07, 6.45) is 0. The van der Waals surface area contributed by atoms with Gasteiger partial charge in [-0.05, 0) is 50.4 Å². The average Bonchev–Trinajstić information content (AvgIpc) is 2.22. The lowest BCUT2D eigenvalue weighted by Gasteiger charge is -2.17. The Morgan fingerprint density at radius 2 is 1.89 bits per heavy atom. The molecule has 3 nitrogen and oxygen atoms in total. The topological polar surface area (TPSA) is 39.2 Å². The van der Waals surface area contributed by atoms with Gasteiger partial charge in [0.25, 0.3) is 0 Å². The van der Waals surface area contributed by atoms with Crippen molar-refractivity contribution in [2.45, 2.75) is 33.1 Å². The third-order valence-corrected chi connectivity index (χ3v) is 2.86. The van der Waals surface area contributed by atoms with E-state index in [1.54, 1.807) is 13.8 Å². The van der Waals surface area contributed by atoms with Crippen LogP contribution in [0.25, 0.3) is 0 Å². The van der Waals surface area contributed by atoms with E-state index in [4.69, 9.17) is 16.3 Å². The van der Waals surface area contributed by atoms with Gasteiger partial charge in [-0.2, -0.15) is 8.78 Å². The van der Waals surface area contributed by atoms with Crippen LogP contribution in [-0.4, -0.2) is 17.6 Å². The van der Waals surface area contributed by atoms with Gasteiger partial charge in [-0.15, -0.1) is 0 Å². The molecule has 1 aromatic rings. The van der Waals surface area contributed by atoms with Crippen molar-refractivity contribution in [3.63, 3.8) is 0 Å². The number of hydrogen-bond donors (Lipinski definition) is 0. The highest BCUT2D eigenvalue weighted by atomic mass is 35.5. The van der Waals surface area contributed by atoms with E-state index in [0.29, 0.717) is 5.56 Å². The highest BCUT2D eigenvalue weighted by Gasteiger charge is 2.34. The van der Waals surface area contributed by atoms with Gasteiger partial charge >= 0.3 is 11.4 Å². The van der Waals surface area contributed by atoms with Crippen molar-refractivity contribution in [2.75, 3.05) is 6.61 Å². The summed E-state index contributed by atoms with van der Waals surface area (Å²) in [5.74, 6) is -0.562. The Hall–Kier alpha value is -1.23. The van der Waals surface area contributed by atoms with Crippen molar-refractivity contribution in [2.24, 2.45) is 0 Å². The summed E-state index contributed by atoms with van der Waals surface area (Å²) in [5.41, 5.74) is 0.498. The van der Waals surface area contributed by atoms with E-state index in [1.165, 1.54) is 13.8 Å². The first-order chi connectivity index (χ1) is 8.20. The first kappa shape index (κ1) is 14.8. The number of nitrogens with zero attached hydrogens (tertiary/aromatic N) is 1. The van der Waals surface area contributed by atoms with Gasteiger partial charge in [-0.1, -0.05) is 0 Å². The molecule has 0 saturated heterocycles. The zero-order valence-electron chi connectivity index (χ0n) is 10.6. The normalized spacial score (nSPS) is 11.5. The molecule has 0 radical (unpaired) electrons. The summed E-state index contributed by atoms with van der Waals surface area (Å²) in [7, 11) is 0. The number of alkyl halides is 3. The first-order valence-corrected chi connectivity index (χ1v) is 5.80. The molecule has 1 aromatic heterocycles. The van der Waals surface area contributed by atoms with Gasteiger partial charge in [0.2, 0.25) is 0 Å². The zero-order chi connectivity index (χ0) is 14.1. The number of aromatic nitrogens is 1. The summed E-state index contributed by atoms with van der Waals surface area (Å²) in [5, 5.41) is -3.55. The number of pyridine rings is 1. The molecule has 0 aromatic carbocycles. The van der Waals surface area contributed by atoms with Crippen LogP contribution in [0, 0.1) is 20.8 Å². The van der Waals surface area contributed by atoms with Gasteiger partial charge in [-0.25, -0.2) is 9.78 Å². The quantitative estimate of drug-likeness (QED) is 0.627. The number of carbonyl (C=O) groups is 1. The second-order valence-corrected chi connectivity index (χ2v) is 4.36. The predicted octanol–water partition coefficient (Wildman–Crippen LogP) is 3.47.